The maximum atomic E-state index is 12.9. The van der Waals surface area contributed by atoms with Crippen molar-refractivity contribution in [2.75, 3.05) is 0 Å². The van der Waals surface area contributed by atoms with Crippen molar-refractivity contribution in [2.24, 2.45) is 0 Å². The van der Waals surface area contributed by atoms with Gasteiger partial charge in [0.05, 0.1) is 21.8 Å². The van der Waals surface area contributed by atoms with Crippen molar-refractivity contribution in [1.82, 2.24) is 15.0 Å². The normalized spacial score (nSPS) is 11.5. The fourth-order valence-electron chi connectivity index (χ4n) is 2.60. The van der Waals surface area contributed by atoms with E-state index in [0.29, 0.717) is 11.4 Å². The number of hydrogen-bond acceptors (Lipinski definition) is 5. The SMILES string of the molecule is CCc1ccc(S(=O)(=O)c2nnn(-c3cccc(C(=O)O)c3)c2C)cc1. The number of aromatic nitrogens is 3. The number of nitrogens with zero attached hydrogens (tertiary/aromatic N) is 3. The van der Waals surface area contributed by atoms with Crippen LogP contribution in [0.1, 0.15) is 28.5 Å². The highest BCUT2D eigenvalue weighted by Crippen LogP contribution is 2.24. The van der Waals surface area contributed by atoms with Gasteiger partial charge >= 0.3 is 5.97 Å². The molecule has 1 aromatic heterocycles. The number of carbonyl (C=O) groups is 1. The van der Waals surface area contributed by atoms with Gasteiger partial charge in [0.25, 0.3) is 0 Å². The molecule has 26 heavy (non-hydrogen) atoms. The van der Waals surface area contributed by atoms with Gasteiger partial charge in [-0.2, -0.15) is 0 Å². The van der Waals surface area contributed by atoms with Crippen molar-refractivity contribution in [3.05, 3.63) is 65.4 Å². The smallest absolute Gasteiger partial charge is 0.335 e. The minimum absolute atomic E-state index is 0.0805. The molecule has 0 saturated carbocycles. The summed E-state index contributed by atoms with van der Waals surface area (Å²) in [7, 11) is -3.82. The molecule has 0 bridgehead atoms. The van der Waals surface area contributed by atoms with E-state index in [1.54, 1.807) is 43.3 Å². The van der Waals surface area contributed by atoms with Crippen LogP contribution in [0.5, 0.6) is 0 Å². The Labute approximate surface area is 150 Å². The first-order valence-electron chi connectivity index (χ1n) is 7.94. The van der Waals surface area contributed by atoms with Crippen LogP contribution in [0.4, 0.5) is 0 Å². The quantitative estimate of drug-likeness (QED) is 0.740. The summed E-state index contributed by atoms with van der Waals surface area (Å²) >= 11 is 0. The highest BCUT2D eigenvalue weighted by molar-refractivity contribution is 7.91. The number of carboxylic acids is 1. The van der Waals surface area contributed by atoms with Crippen molar-refractivity contribution >= 4 is 15.8 Å². The molecule has 0 aliphatic carbocycles. The fourth-order valence-corrected chi connectivity index (χ4v) is 3.93. The molecule has 8 heteroatoms. The molecule has 1 heterocycles. The summed E-state index contributed by atoms with van der Waals surface area (Å²) < 4.78 is 27.0. The van der Waals surface area contributed by atoms with Gasteiger partial charge in [0.15, 0.2) is 0 Å². The monoisotopic (exact) mass is 371 g/mol. The number of sulfone groups is 1. The van der Waals surface area contributed by atoms with Gasteiger partial charge in [0, 0.05) is 0 Å². The van der Waals surface area contributed by atoms with Crippen LogP contribution in [0.25, 0.3) is 5.69 Å². The lowest BCUT2D eigenvalue weighted by Gasteiger charge is -2.06. The molecule has 0 atom stereocenters. The predicted octanol–water partition coefficient (Wildman–Crippen LogP) is 2.67. The minimum atomic E-state index is -3.82. The van der Waals surface area contributed by atoms with Gasteiger partial charge < -0.3 is 5.11 Å². The summed E-state index contributed by atoms with van der Waals surface area (Å²) in [5.41, 5.74) is 1.86. The predicted molar refractivity (Wildman–Crippen MR) is 94.3 cm³/mol. The zero-order valence-corrected chi connectivity index (χ0v) is 15.1. The molecule has 3 rings (SSSR count). The first-order chi connectivity index (χ1) is 12.3. The van der Waals surface area contributed by atoms with Crippen molar-refractivity contribution in [1.29, 1.82) is 0 Å². The Hall–Kier alpha value is -3.00. The van der Waals surface area contributed by atoms with Crippen molar-refractivity contribution in [2.45, 2.75) is 30.2 Å². The minimum Gasteiger partial charge on any atom is -0.478 e. The maximum Gasteiger partial charge on any atom is 0.335 e. The summed E-state index contributed by atoms with van der Waals surface area (Å²) in [5, 5.41) is 16.7. The zero-order chi connectivity index (χ0) is 18.9. The molecule has 0 spiro atoms. The van der Waals surface area contributed by atoms with Gasteiger partial charge in [-0.15, -0.1) is 5.10 Å². The Morgan fingerprint density at radius 1 is 1.15 bits per heavy atom. The van der Waals surface area contributed by atoms with Crippen LogP contribution in [0.2, 0.25) is 0 Å². The average Bonchev–Trinajstić information content (AvgIpc) is 3.04. The van der Waals surface area contributed by atoms with Crippen LogP contribution >= 0.6 is 0 Å². The number of carboxylic acid groups (broad SMARTS) is 1. The third-order valence-corrected chi connectivity index (χ3v) is 5.87. The Bertz CT molecular complexity index is 1070. The van der Waals surface area contributed by atoms with E-state index >= 15 is 0 Å². The Kier molecular flexibility index (Phi) is 4.60. The van der Waals surface area contributed by atoms with Crippen LogP contribution in [-0.2, 0) is 16.3 Å². The molecule has 0 radical (unpaired) electrons. The molecule has 2 aromatic carbocycles. The second-order valence-corrected chi connectivity index (χ2v) is 7.61. The van der Waals surface area contributed by atoms with Gasteiger partial charge in [-0.1, -0.05) is 30.3 Å². The number of hydrogen-bond donors (Lipinski definition) is 1. The summed E-state index contributed by atoms with van der Waals surface area (Å²) in [5.74, 6) is -1.08. The van der Waals surface area contributed by atoms with Gasteiger partial charge in [0.2, 0.25) is 14.9 Å². The Balaban J connectivity index is 2.05. The lowest BCUT2D eigenvalue weighted by molar-refractivity contribution is 0.0697. The molecule has 7 nitrogen and oxygen atoms in total. The number of rotatable bonds is 5. The molecule has 0 saturated heterocycles. The highest BCUT2D eigenvalue weighted by atomic mass is 32.2. The van der Waals surface area contributed by atoms with E-state index in [-0.39, 0.29) is 15.5 Å². The van der Waals surface area contributed by atoms with Crippen molar-refractivity contribution in [3.63, 3.8) is 0 Å². The molecule has 1 N–H and O–H groups in total. The molecule has 0 fully saturated rings. The Morgan fingerprint density at radius 2 is 1.85 bits per heavy atom. The molecule has 3 aromatic rings. The van der Waals surface area contributed by atoms with E-state index in [1.165, 1.54) is 16.8 Å². The standard InChI is InChI=1S/C18H17N3O4S/c1-3-13-7-9-16(10-8-13)26(24,25)17-12(2)21(20-19-17)15-6-4-5-14(11-15)18(22)23/h4-11H,3H2,1-2H3,(H,22,23). The molecular formula is C18H17N3O4S. The summed E-state index contributed by atoms with van der Waals surface area (Å²) in [4.78, 5) is 11.3. The van der Waals surface area contributed by atoms with E-state index in [1.807, 2.05) is 6.92 Å². The summed E-state index contributed by atoms with van der Waals surface area (Å²) in [6.07, 6.45) is 0.815. The van der Waals surface area contributed by atoms with Crippen LogP contribution in [0.3, 0.4) is 0 Å². The van der Waals surface area contributed by atoms with Crippen LogP contribution < -0.4 is 0 Å². The number of aryl methyl sites for hydroxylation is 1. The van der Waals surface area contributed by atoms with Gasteiger partial charge in [-0.25, -0.2) is 17.9 Å². The zero-order valence-electron chi connectivity index (χ0n) is 14.2. The third-order valence-electron chi connectivity index (χ3n) is 4.09. The molecule has 0 aliphatic heterocycles. The van der Waals surface area contributed by atoms with Gasteiger partial charge in [0.1, 0.15) is 0 Å². The molecule has 134 valence electrons. The van der Waals surface area contributed by atoms with Crippen molar-refractivity contribution in [3.8, 4) is 5.69 Å². The lowest BCUT2D eigenvalue weighted by Crippen LogP contribution is -2.06. The van der Waals surface area contributed by atoms with E-state index < -0.39 is 15.8 Å². The molecule has 0 amide bonds. The topological polar surface area (TPSA) is 102 Å². The van der Waals surface area contributed by atoms with Crippen LogP contribution in [0, 0.1) is 6.92 Å². The lowest BCUT2D eigenvalue weighted by atomic mass is 10.2. The fraction of sp³-hybridized carbons (Fsp3) is 0.167. The first-order valence-corrected chi connectivity index (χ1v) is 9.43. The summed E-state index contributed by atoms with van der Waals surface area (Å²) in [6, 6.07) is 12.7. The molecule has 0 aliphatic rings. The van der Waals surface area contributed by atoms with E-state index in [0.717, 1.165) is 12.0 Å². The van der Waals surface area contributed by atoms with E-state index in [2.05, 4.69) is 10.3 Å². The summed E-state index contributed by atoms with van der Waals surface area (Å²) in [6.45, 7) is 3.57. The maximum absolute atomic E-state index is 12.9. The second-order valence-electron chi connectivity index (χ2n) is 5.75. The highest BCUT2D eigenvalue weighted by Gasteiger charge is 2.26. The molecular weight excluding hydrogens is 354 g/mol. The van der Waals surface area contributed by atoms with Gasteiger partial charge in [-0.3, -0.25) is 0 Å². The largest absolute Gasteiger partial charge is 0.478 e. The molecule has 0 unspecified atom stereocenters. The van der Waals surface area contributed by atoms with Gasteiger partial charge in [-0.05, 0) is 49.2 Å². The second kappa shape index (κ2) is 6.72. The van der Waals surface area contributed by atoms with Crippen LogP contribution in [-0.4, -0.2) is 34.5 Å². The van der Waals surface area contributed by atoms with Crippen molar-refractivity contribution < 1.29 is 18.3 Å². The van der Waals surface area contributed by atoms with E-state index in [9.17, 15) is 13.2 Å². The van der Waals surface area contributed by atoms with E-state index in [4.69, 9.17) is 5.11 Å². The average molecular weight is 371 g/mol. The Morgan fingerprint density at radius 3 is 2.46 bits per heavy atom. The number of aromatic carboxylic acids is 1. The third kappa shape index (κ3) is 3.11. The van der Waals surface area contributed by atoms with Crippen LogP contribution in [0.15, 0.2) is 58.5 Å². The number of benzene rings is 2. The first kappa shape index (κ1) is 17.8.